The minimum absolute atomic E-state index is 0.335. The first kappa shape index (κ1) is 12.1. The molecule has 0 bridgehead atoms. The van der Waals surface area contributed by atoms with Crippen LogP contribution in [0.4, 0.5) is 0 Å². The van der Waals surface area contributed by atoms with Crippen molar-refractivity contribution in [2.45, 2.75) is 39.8 Å². The van der Waals surface area contributed by atoms with Gasteiger partial charge in [-0.25, -0.2) is 0 Å². The second-order valence-corrected chi connectivity index (χ2v) is 6.80. The van der Waals surface area contributed by atoms with E-state index in [-0.39, 0.29) is 6.10 Å². The molecule has 1 aliphatic carbocycles. The van der Waals surface area contributed by atoms with E-state index in [1.807, 2.05) is 17.5 Å². The summed E-state index contributed by atoms with van der Waals surface area (Å²) in [6.07, 6.45) is -0.368. The molecule has 16 heavy (non-hydrogen) atoms. The minimum atomic E-state index is -0.368. The molecule has 1 atom stereocenters. The minimum Gasteiger partial charge on any atom is -0.386 e. The van der Waals surface area contributed by atoms with E-state index in [1.54, 1.807) is 11.3 Å². The Hall–Kier alpha value is -0.380. The SMILES string of the molecule is CC1(C)C(NCC(O)c2cccs2)C1(C)C. The third kappa shape index (κ3) is 1.81. The van der Waals surface area contributed by atoms with Gasteiger partial charge in [0.05, 0.1) is 0 Å². The molecule has 1 aliphatic rings. The Labute approximate surface area is 102 Å². The molecule has 0 saturated heterocycles. The number of aliphatic hydroxyl groups is 1. The molecule has 1 heterocycles. The summed E-state index contributed by atoms with van der Waals surface area (Å²) in [5.41, 5.74) is 0.671. The van der Waals surface area contributed by atoms with Crippen molar-refractivity contribution in [1.82, 2.24) is 5.32 Å². The zero-order valence-corrected chi connectivity index (χ0v) is 11.3. The lowest BCUT2D eigenvalue weighted by Gasteiger charge is -2.11. The number of hydrogen-bond donors (Lipinski definition) is 2. The molecule has 1 aromatic rings. The van der Waals surface area contributed by atoms with Gasteiger partial charge in [-0.2, -0.15) is 0 Å². The van der Waals surface area contributed by atoms with Gasteiger partial charge in [-0.05, 0) is 22.3 Å². The lowest BCUT2D eigenvalue weighted by atomic mass is 10.0. The largest absolute Gasteiger partial charge is 0.386 e. The van der Waals surface area contributed by atoms with Crippen LogP contribution in [-0.4, -0.2) is 17.7 Å². The Morgan fingerprint density at radius 1 is 1.38 bits per heavy atom. The molecule has 1 saturated carbocycles. The van der Waals surface area contributed by atoms with Gasteiger partial charge in [0, 0.05) is 17.5 Å². The van der Waals surface area contributed by atoms with Crippen LogP contribution in [-0.2, 0) is 0 Å². The Morgan fingerprint density at radius 3 is 2.44 bits per heavy atom. The highest BCUT2D eigenvalue weighted by molar-refractivity contribution is 7.10. The van der Waals surface area contributed by atoms with Crippen molar-refractivity contribution < 1.29 is 5.11 Å². The predicted octanol–water partition coefficient (Wildman–Crippen LogP) is 2.81. The number of nitrogens with one attached hydrogen (secondary N) is 1. The summed E-state index contributed by atoms with van der Waals surface area (Å²) in [5, 5.41) is 15.5. The van der Waals surface area contributed by atoms with E-state index in [2.05, 4.69) is 33.0 Å². The van der Waals surface area contributed by atoms with Crippen LogP contribution in [0.15, 0.2) is 17.5 Å². The lowest BCUT2D eigenvalue weighted by molar-refractivity contribution is 0.175. The van der Waals surface area contributed by atoms with E-state index in [4.69, 9.17) is 0 Å². The van der Waals surface area contributed by atoms with Crippen LogP contribution >= 0.6 is 11.3 Å². The maximum Gasteiger partial charge on any atom is 0.101 e. The highest BCUT2D eigenvalue weighted by Gasteiger charge is 2.64. The molecule has 0 amide bonds. The highest BCUT2D eigenvalue weighted by Crippen LogP contribution is 2.62. The first-order valence-electron chi connectivity index (χ1n) is 5.82. The Balaban J connectivity index is 1.86. The van der Waals surface area contributed by atoms with Gasteiger partial charge in [0.1, 0.15) is 6.10 Å². The molecule has 2 nitrogen and oxygen atoms in total. The van der Waals surface area contributed by atoms with Gasteiger partial charge >= 0.3 is 0 Å². The van der Waals surface area contributed by atoms with Crippen LogP contribution < -0.4 is 5.32 Å². The molecule has 0 radical (unpaired) electrons. The van der Waals surface area contributed by atoms with E-state index < -0.39 is 0 Å². The van der Waals surface area contributed by atoms with Crippen molar-refractivity contribution in [3.63, 3.8) is 0 Å². The molecule has 1 unspecified atom stereocenters. The maximum atomic E-state index is 9.97. The number of hydrogen-bond acceptors (Lipinski definition) is 3. The van der Waals surface area contributed by atoms with Gasteiger partial charge in [-0.3, -0.25) is 0 Å². The summed E-state index contributed by atoms with van der Waals surface area (Å²) in [5.74, 6) is 0. The van der Waals surface area contributed by atoms with Crippen molar-refractivity contribution >= 4 is 11.3 Å². The fourth-order valence-electron chi connectivity index (χ4n) is 2.52. The monoisotopic (exact) mass is 239 g/mol. The van der Waals surface area contributed by atoms with E-state index in [0.717, 1.165) is 4.88 Å². The predicted molar refractivity (Wildman–Crippen MR) is 68.6 cm³/mol. The average Bonchev–Trinajstić information content (AvgIpc) is 2.66. The fraction of sp³-hybridized carbons (Fsp3) is 0.692. The summed E-state index contributed by atoms with van der Waals surface area (Å²) < 4.78 is 0. The van der Waals surface area contributed by atoms with Crippen LogP contribution in [0.2, 0.25) is 0 Å². The number of rotatable bonds is 4. The van der Waals surface area contributed by atoms with Crippen LogP contribution in [0.3, 0.4) is 0 Å². The zero-order chi connectivity index (χ0) is 12.0. The van der Waals surface area contributed by atoms with Crippen LogP contribution in [0.1, 0.15) is 38.7 Å². The number of aliphatic hydroxyl groups excluding tert-OH is 1. The standard InChI is InChI=1S/C13H21NOS/c1-12(2)11(13(12,3)4)14-8-9(15)10-6-5-7-16-10/h5-7,9,11,14-15H,8H2,1-4H3. The third-order valence-electron chi connectivity index (χ3n) is 4.41. The molecule has 0 aliphatic heterocycles. The molecule has 3 heteroatoms. The van der Waals surface area contributed by atoms with Gasteiger partial charge in [-0.1, -0.05) is 33.8 Å². The molecular formula is C13H21NOS. The second-order valence-electron chi connectivity index (χ2n) is 5.82. The van der Waals surface area contributed by atoms with Gasteiger partial charge in [0.2, 0.25) is 0 Å². The molecule has 1 aromatic heterocycles. The van der Waals surface area contributed by atoms with Gasteiger partial charge in [0.25, 0.3) is 0 Å². The number of thiophene rings is 1. The van der Waals surface area contributed by atoms with E-state index in [0.29, 0.717) is 23.4 Å². The molecule has 2 N–H and O–H groups in total. The summed E-state index contributed by atoms with van der Waals surface area (Å²) >= 11 is 1.61. The molecule has 1 fully saturated rings. The van der Waals surface area contributed by atoms with Crippen LogP contribution in [0.25, 0.3) is 0 Å². The summed E-state index contributed by atoms with van der Waals surface area (Å²) in [6, 6.07) is 4.48. The van der Waals surface area contributed by atoms with Crippen molar-refractivity contribution in [2.24, 2.45) is 10.8 Å². The quantitative estimate of drug-likeness (QED) is 0.847. The summed E-state index contributed by atoms with van der Waals surface area (Å²) in [4.78, 5) is 1.05. The first-order valence-corrected chi connectivity index (χ1v) is 6.70. The normalized spacial score (nSPS) is 24.3. The van der Waals surface area contributed by atoms with Gasteiger partial charge < -0.3 is 10.4 Å². The van der Waals surface area contributed by atoms with Crippen molar-refractivity contribution in [3.05, 3.63) is 22.4 Å². The average molecular weight is 239 g/mol. The molecule has 90 valence electrons. The zero-order valence-electron chi connectivity index (χ0n) is 10.4. The van der Waals surface area contributed by atoms with Crippen molar-refractivity contribution in [1.29, 1.82) is 0 Å². The highest BCUT2D eigenvalue weighted by atomic mass is 32.1. The van der Waals surface area contributed by atoms with E-state index in [9.17, 15) is 5.11 Å². The molecule has 0 aromatic carbocycles. The third-order valence-corrected chi connectivity index (χ3v) is 5.38. The Morgan fingerprint density at radius 2 is 2.00 bits per heavy atom. The molecular weight excluding hydrogens is 218 g/mol. The van der Waals surface area contributed by atoms with Crippen LogP contribution in [0, 0.1) is 10.8 Å². The summed E-state index contributed by atoms with van der Waals surface area (Å²) in [7, 11) is 0. The Bertz CT molecular complexity index is 342. The van der Waals surface area contributed by atoms with Gasteiger partial charge in [0.15, 0.2) is 0 Å². The second kappa shape index (κ2) is 3.83. The first-order chi connectivity index (χ1) is 7.37. The maximum absolute atomic E-state index is 9.97. The van der Waals surface area contributed by atoms with Crippen molar-refractivity contribution in [2.75, 3.05) is 6.54 Å². The molecule has 2 rings (SSSR count). The van der Waals surface area contributed by atoms with Gasteiger partial charge in [-0.15, -0.1) is 11.3 Å². The van der Waals surface area contributed by atoms with E-state index in [1.165, 1.54) is 0 Å². The Kier molecular flexibility index (Phi) is 2.89. The smallest absolute Gasteiger partial charge is 0.101 e. The lowest BCUT2D eigenvalue weighted by Crippen LogP contribution is -2.27. The van der Waals surface area contributed by atoms with Crippen molar-refractivity contribution in [3.8, 4) is 0 Å². The van der Waals surface area contributed by atoms with Crippen LogP contribution in [0.5, 0.6) is 0 Å². The topological polar surface area (TPSA) is 32.3 Å². The molecule has 0 spiro atoms. The fourth-order valence-corrected chi connectivity index (χ4v) is 3.23. The summed E-state index contributed by atoms with van der Waals surface area (Å²) in [6.45, 7) is 9.77. The van der Waals surface area contributed by atoms with E-state index >= 15 is 0 Å².